The Hall–Kier alpha value is -1.56. The molecular formula is C37H60O8S2. The van der Waals surface area contributed by atoms with Gasteiger partial charge in [0.15, 0.2) is 9.84 Å². The van der Waals surface area contributed by atoms with Gasteiger partial charge < -0.3 is 14.6 Å². The van der Waals surface area contributed by atoms with E-state index in [0.29, 0.717) is 30.8 Å². The van der Waals surface area contributed by atoms with Crippen LogP contribution < -0.4 is 0 Å². The van der Waals surface area contributed by atoms with Crippen LogP contribution in [0.4, 0.5) is 0 Å². The van der Waals surface area contributed by atoms with Gasteiger partial charge in [-0.2, -0.15) is 8.42 Å². The van der Waals surface area contributed by atoms with Crippen molar-refractivity contribution in [2.24, 2.45) is 23.7 Å². The van der Waals surface area contributed by atoms with Gasteiger partial charge >= 0.3 is 0 Å². The number of aliphatic hydroxyl groups is 1. The molecule has 2 aliphatic rings. The summed E-state index contributed by atoms with van der Waals surface area (Å²) < 4.78 is 69.6. The first-order chi connectivity index (χ1) is 22.0. The summed E-state index contributed by atoms with van der Waals surface area (Å²) >= 11 is 0. The van der Waals surface area contributed by atoms with Gasteiger partial charge in [-0.3, -0.25) is 4.18 Å². The number of rotatable bonds is 20. The number of benzene rings is 1. The molecule has 8 nitrogen and oxygen atoms in total. The van der Waals surface area contributed by atoms with E-state index < -0.39 is 38.3 Å². The van der Waals surface area contributed by atoms with Gasteiger partial charge in [0.25, 0.3) is 10.1 Å². The number of sulfone groups is 1. The van der Waals surface area contributed by atoms with Gasteiger partial charge in [-0.1, -0.05) is 85.2 Å². The molecule has 10 heteroatoms. The van der Waals surface area contributed by atoms with Crippen LogP contribution in [0.3, 0.4) is 0 Å². The van der Waals surface area contributed by atoms with Crippen LogP contribution in [0.5, 0.6) is 0 Å². The normalized spacial score (nSPS) is 27.9. The van der Waals surface area contributed by atoms with Crippen molar-refractivity contribution in [3.05, 3.63) is 54.6 Å². The summed E-state index contributed by atoms with van der Waals surface area (Å²) in [4.78, 5) is 0.287. The standard InChI is InChI=1S/C37H60O8S2/c1-9-11-15-30-22-27(5)35(43-30)19-18-31(45-46(8,39)40)21-26(4)28(6)34(38)23-37-33(29(7)36(44-37)20-25(3)10-2)24-47(41,42)32-16-13-12-14-17-32/h12-14,16-17,25-26,29-31,33-38H,5-6,9-11,15,18-24H2,1-4,7-8H3/t25-,26-,29-,30+,31-,33-,34+,35?,36?,37+/m1/s1. The van der Waals surface area contributed by atoms with Crippen molar-refractivity contribution in [1.82, 2.24) is 0 Å². The number of hydrogen-bond acceptors (Lipinski definition) is 8. The predicted molar refractivity (Wildman–Crippen MR) is 188 cm³/mol. The van der Waals surface area contributed by atoms with E-state index in [9.17, 15) is 21.9 Å². The molecule has 268 valence electrons. The Balaban J connectivity index is 1.68. The zero-order chi connectivity index (χ0) is 34.9. The van der Waals surface area contributed by atoms with E-state index in [1.54, 1.807) is 30.3 Å². The highest BCUT2D eigenvalue weighted by Crippen LogP contribution is 2.41. The number of ether oxygens (including phenoxy) is 2. The Morgan fingerprint density at radius 1 is 1.04 bits per heavy atom. The second-order valence-electron chi connectivity index (χ2n) is 14.3. The first-order valence-corrected chi connectivity index (χ1v) is 21.0. The Morgan fingerprint density at radius 2 is 1.72 bits per heavy atom. The highest BCUT2D eigenvalue weighted by Gasteiger charge is 2.45. The molecule has 0 radical (unpaired) electrons. The molecule has 2 saturated heterocycles. The first-order valence-electron chi connectivity index (χ1n) is 17.6. The SMILES string of the molecule is C=C1C[C@H](CCCC)OC1CC[C@H](C[C@@H](C)C(=C)[C@@H](O)C[C@@H]1OC(C[C@H](C)CC)[C@H](C)[C@H]1CS(=O)(=O)c1ccccc1)OS(C)(=O)=O. The smallest absolute Gasteiger partial charge is 0.264 e. The molecule has 10 atom stereocenters. The maximum absolute atomic E-state index is 13.5. The summed E-state index contributed by atoms with van der Waals surface area (Å²) in [5.74, 6) is -0.204. The minimum absolute atomic E-state index is 0.00737. The topological polar surface area (TPSA) is 116 Å². The van der Waals surface area contributed by atoms with E-state index in [1.807, 2.05) is 6.92 Å². The third-order valence-corrected chi connectivity index (χ3v) is 12.7. The van der Waals surface area contributed by atoms with Crippen molar-refractivity contribution in [3.63, 3.8) is 0 Å². The van der Waals surface area contributed by atoms with Crippen LogP contribution in [0, 0.1) is 23.7 Å². The average Bonchev–Trinajstić information content (AvgIpc) is 3.51. The molecule has 2 fully saturated rings. The number of unbranched alkanes of at least 4 members (excludes halogenated alkanes) is 1. The van der Waals surface area contributed by atoms with E-state index in [2.05, 4.69) is 40.9 Å². The van der Waals surface area contributed by atoms with Crippen molar-refractivity contribution in [2.45, 2.75) is 140 Å². The van der Waals surface area contributed by atoms with Crippen LogP contribution in [0.2, 0.25) is 0 Å². The molecule has 1 aromatic rings. The molecule has 2 aliphatic heterocycles. The van der Waals surface area contributed by atoms with E-state index in [1.165, 1.54) is 0 Å². The molecule has 0 spiro atoms. The second kappa shape index (κ2) is 17.9. The zero-order valence-electron chi connectivity index (χ0n) is 29.5. The van der Waals surface area contributed by atoms with Crippen LogP contribution in [-0.2, 0) is 33.6 Å². The fourth-order valence-corrected chi connectivity index (χ4v) is 9.53. The van der Waals surface area contributed by atoms with Crippen LogP contribution in [0.1, 0.15) is 98.8 Å². The van der Waals surface area contributed by atoms with Gasteiger partial charge in [0.05, 0.1) is 53.5 Å². The fourth-order valence-electron chi connectivity index (χ4n) is 7.07. The van der Waals surface area contributed by atoms with E-state index >= 15 is 0 Å². The van der Waals surface area contributed by atoms with Crippen LogP contribution >= 0.6 is 0 Å². The summed E-state index contributed by atoms with van der Waals surface area (Å²) in [5.41, 5.74) is 1.60. The molecule has 3 rings (SSSR count). The van der Waals surface area contributed by atoms with Crippen LogP contribution in [-0.4, -0.2) is 70.6 Å². The van der Waals surface area contributed by atoms with E-state index in [4.69, 9.17) is 13.7 Å². The zero-order valence-corrected chi connectivity index (χ0v) is 31.1. The minimum atomic E-state index is -3.72. The Morgan fingerprint density at radius 3 is 2.34 bits per heavy atom. The summed E-state index contributed by atoms with van der Waals surface area (Å²) in [5, 5.41) is 11.4. The summed E-state index contributed by atoms with van der Waals surface area (Å²) in [6.45, 7) is 18.9. The Kier molecular flexibility index (Phi) is 15.2. The molecule has 0 bridgehead atoms. The molecule has 0 aromatic heterocycles. The molecule has 0 aliphatic carbocycles. The van der Waals surface area contributed by atoms with Crippen molar-refractivity contribution < 1.29 is 35.6 Å². The summed E-state index contributed by atoms with van der Waals surface area (Å²) in [6, 6.07) is 8.48. The minimum Gasteiger partial charge on any atom is -0.389 e. The van der Waals surface area contributed by atoms with Crippen molar-refractivity contribution in [1.29, 1.82) is 0 Å². The molecule has 1 aromatic carbocycles. The monoisotopic (exact) mass is 696 g/mol. The van der Waals surface area contributed by atoms with Crippen molar-refractivity contribution >= 4 is 20.0 Å². The number of hydrogen-bond donors (Lipinski definition) is 1. The Bertz CT molecular complexity index is 1360. The predicted octanol–water partition coefficient (Wildman–Crippen LogP) is 7.28. The molecular weight excluding hydrogens is 637 g/mol. The summed E-state index contributed by atoms with van der Waals surface area (Å²) in [6.07, 6.45) is 6.43. The molecule has 1 N–H and O–H groups in total. The quantitative estimate of drug-likeness (QED) is 0.112. The molecule has 47 heavy (non-hydrogen) atoms. The van der Waals surface area contributed by atoms with Gasteiger partial charge in [-0.15, -0.1) is 0 Å². The molecule has 2 heterocycles. The van der Waals surface area contributed by atoms with Crippen molar-refractivity contribution in [2.75, 3.05) is 12.0 Å². The van der Waals surface area contributed by atoms with E-state index in [-0.39, 0.29) is 53.1 Å². The molecule has 0 amide bonds. The third kappa shape index (κ3) is 12.1. The highest BCUT2D eigenvalue weighted by molar-refractivity contribution is 7.91. The second-order valence-corrected chi connectivity index (χ2v) is 17.9. The lowest BCUT2D eigenvalue weighted by molar-refractivity contribution is -0.00400. The van der Waals surface area contributed by atoms with Gasteiger partial charge in [0.1, 0.15) is 0 Å². The lowest BCUT2D eigenvalue weighted by Gasteiger charge is -2.28. The maximum Gasteiger partial charge on any atom is 0.264 e. The van der Waals surface area contributed by atoms with Gasteiger partial charge in [0, 0.05) is 12.3 Å². The van der Waals surface area contributed by atoms with Gasteiger partial charge in [-0.05, 0) is 79.6 Å². The molecule has 2 unspecified atom stereocenters. The van der Waals surface area contributed by atoms with E-state index in [0.717, 1.165) is 50.4 Å². The maximum atomic E-state index is 13.5. The number of aliphatic hydroxyl groups excluding tert-OH is 1. The fraction of sp³-hybridized carbons (Fsp3) is 0.730. The largest absolute Gasteiger partial charge is 0.389 e. The van der Waals surface area contributed by atoms with Crippen LogP contribution in [0.15, 0.2) is 59.5 Å². The average molecular weight is 697 g/mol. The van der Waals surface area contributed by atoms with Crippen LogP contribution in [0.25, 0.3) is 0 Å². The van der Waals surface area contributed by atoms with Gasteiger partial charge in [-0.25, -0.2) is 8.42 Å². The Labute approximate surface area is 285 Å². The third-order valence-electron chi connectivity index (χ3n) is 10.3. The lowest BCUT2D eigenvalue weighted by Crippen LogP contribution is -2.32. The first kappa shape index (κ1) is 39.9. The highest BCUT2D eigenvalue weighted by atomic mass is 32.2. The van der Waals surface area contributed by atoms with Crippen molar-refractivity contribution in [3.8, 4) is 0 Å². The van der Waals surface area contributed by atoms with Gasteiger partial charge in [0.2, 0.25) is 0 Å². The lowest BCUT2D eigenvalue weighted by atomic mass is 9.83. The summed E-state index contributed by atoms with van der Waals surface area (Å²) in [7, 11) is -7.29. The molecule has 0 saturated carbocycles.